The summed E-state index contributed by atoms with van der Waals surface area (Å²) in [5.74, 6) is 0. The van der Waals surface area contributed by atoms with E-state index in [1.807, 2.05) is 0 Å². The standard InChI is InChI=1S/C15H22NOSi/c1-15(2,3)12-6-7-14-11(8-12)9-13(16-14)10-17-18(4)5/h6-9,16H,10H2,1-5H3. The van der Waals surface area contributed by atoms with Crippen LogP contribution in [0, 0.1) is 0 Å². The molecule has 1 radical (unpaired) electrons. The number of hydrogen-bond acceptors (Lipinski definition) is 1. The van der Waals surface area contributed by atoms with E-state index < -0.39 is 9.04 Å². The second-order valence-electron chi connectivity index (χ2n) is 6.04. The molecule has 2 rings (SSSR count). The van der Waals surface area contributed by atoms with Gasteiger partial charge in [-0.1, -0.05) is 26.8 Å². The Hall–Kier alpha value is -1.06. The topological polar surface area (TPSA) is 25.0 Å². The van der Waals surface area contributed by atoms with Crippen LogP contribution in [0.3, 0.4) is 0 Å². The van der Waals surface area contributed by atoms with Crippen LogP contribution in [0.5, 0.6) is 0 Å². The highest BCUT2D eigenvalue weighted by Crippen LogP contribution is 2.26. The Labute approximate surface area is 111 Å². The van der Waals surface area contributed by atoms with Crippen molar-refractivity contribution in [2.24, 2.45) is 0 Å². The van der Waals surface area contributed by atoms with Crippen molar-refractivity contribution < 1.29 is 4.43 Å². The highest BCUT2D eigenvalue weighted by atomic mass is 28.3. The molecule has 3 heteroatoms. The summed E-state index contributed by atoms with van der Waals surface area (Å²) in [7, 11) is -0.620. The highest BCUT2D eigenvalue weighted by molar-refractivity contribution is 6.48. The molecule has 0 saturated carbocycles. The Bertz CT molecular complexity index is 537. The number of rotatable bonds is 3. The number of hydrogen-bond donors (Lipinski definition) is 1. The van der Waals surface area contributed by atoms with Crippen LogP contribution in [0.25, 0.3) is 10.9 Å². The van der Waals surface area contributed by atoms with Gasteiger partial charge in [-0.05, 0) is 42.3 Å². The first kappa shape index (κ1) is 13.4. The molecule has 2 nitrogen and oxygen atoms in total. The van der Waals surface area contributed by atoms with Gasteiger partial charge >= 0.3 is 0 Å². The average molecular weight is 260 g/mol. The Balaban J connectivity index is 2.28. The molecular formula is C15H22NOSi. The molecule has 0 aliphatic heterocycles. The summed E-state index contributed by atoms with van der Waals surface area (Å²) in [6.07, 6.45) is 0. The number of nitrogens with one attached hydrogen (secondary N) is 1. The predicted octanol–water partition coefficient (Wildman–Crippen LogP) is 4.23. The molecule has 0 atom stereocenters. The van der Waals surface area contributed by atoms with Crippen LogP contribution >= 0.6 is 0 Å². The van der Waals surface area contributed by atoms with E-state index in [0.717, 1.165) is 0 Å². The van der Waals surface area contributed by atoms with E-state index in [4.69, 9.17) is 4.43 Å². The van der Waals surface area contributed by atoms with Gasteiger partial charge < -0.3 is 9.41 Å². The van der Waals surface area contributed by atoms with Crippen molar-refractivity contribution >= 4 is 19.9 Å². The lowest BCUT2D eigenvalue weighted by molar-refractivity contribution is 0.310. The third-order valence-corrected chi connectivity index (χ3v) is 3.78. The largest absolute Gasteiger partial charge is 0.411 e. The molecule has 0 spiro atoms. The second kappa shape index (κ2) is 4.90. The van der Waals surface area contributed by atoms with E-state index in [9.17, 15) is 0 Å². The molecule has 0 amide bonds. The summed E-state index contributed by atoms with van der Waals surface area (Å²) < 4.78 is 5.73. The van der Waals surface area contributed by atoms with E-state index >= 15 is 0 Å². The maximum absolute atomic E-state index is 5.73. The maximum atomic E-state index is 5.73. The molecule has 1 N–H and O–H groups in total. The van der Waals surface area contributed by atoms with Crippen molar-refractivity contribution in [2.45, 2.75) is 45.9 Å². The van der Waals surface area contributed by atoms with Crippen molar-refractivity contribution in [3.63, 3.8) is 0 Å². The van der Waals surface area contributed by atoms with Crippen LogP contribution in [-0.4, -0.2) is 14.0 Å². The average Bonchev–Trinajstić information content (AvgIpc) is 2.66. The number of benzene rings is 1. The first-order chi connectivity index (χ1) is 8.36. The SMILES string of the molecule is C[Si](C)OCc1cc2cc(C(C)(C)C)ccc2[nH]1. The van der Waals surface area contributed by atoms with Crippen molar-refractivity contribution in [3.8, 4) is 0 Å². The normalized spacial score (nSPS) is 12.6. The Morgan fingerprint density at radius 2 is 1.89 bits per heavy atom. The Kier molecular flexibility index (Phi) is 3.64. The van der Waals surface area contributed by atoms with E-state index in [0.29, 0.717) is 6.61 Å². The van der Waals surface area contributed by atoms with E-state index in [2.05, 4.69) is 63.1 Å². The fourth-order valence-corrected chi connectivity index (χ4v) is 2.40. The minimum atomic E-state index is -0.620. The summed E-state index contributed by atoms with van der Waals surface area (Å²) in [6, 6.07) is 8.86. The van der Waals surface area contributed by atoms with Crippen LogP contribution in [-0.2, 0) is 16.4 Å². The highest BCUT2D eigenvalue weighted by Gasteiger charge is 2.14. The maximum Gasteiger partial charge on any atom is 0.205 e. The molecule has 0 saturated heterocycles. The lowest BCUT2D eigenvalue weighted by Crippen LogP contribution is -2.10. The van der Waals surface area contributed by atoms with Gasteiger partial charge in [-0.3, -0.25) is 0 Å². The molecule has 0 unspecified atom stereocenters. The van der Waals surface area contributed by atoms with Crippen molar-refractivity contribution in [1.29, 1.82) is 0 Å². The van der Waals surface area contributed by atoms with Crippen LogP contribution in [0.15, 0.2) is 24.3 Å². The van der Waals surface area contributed by atoms with Gasteiger partial charge in [0.15, 0.2) is 0 Å². The molecular weight excluding hydrogens is 238 g/mol. The number of aromatic amines is 1. The van der Waals surface area contributed by atoms with Crippen LogP contribution in [0.2, 0.25) is 13.1 Å². The van der Waals surface area contributed by atoms with Gasteiger partial charge in [-0.15, -0.1) is 0 Å². The molecule has 1 heterocycles. The molecule has 1 aromatic carbocycles. The van der Waals surface area contributed by atoms with Crippen LogP contribution < -0.4 is 0 Å². The van der Waals surface area contributed by atoms with Crippen molar-refractivity contribution in [3.05, 3.63) is 35.5 Å². The second-order valence-corrected chi connectivity index (χ2v) is 8.15. The molecule has 0 aliphatic carbocycles. The minimum absolute atomic E-state index is 0.200. The number of fused-ring (bicyclic) bond motifs is 1. The minimum Gasteiger partial charge on any atom is -0.411 e. The van der Waals surface area contributed by atoms with E-state index in [1.165, 1.54) is 22.2 Å². The Morgan fingerprint density at radius 3 is 2.50 bits per heavy atom. The van der Waals surface area contributed by atoms with E-state index in [1.54, 1.807) is 0 Å². The van der Waals surface area contributed by atoms with Gasteiger partial charge in [0.1, 0.15) is 0 Å². The van der Waals surface area contributed by atoms with Gasteiger partial charge in [-0.25, -0.2) is 0 Å². The first-order valence-corrected chi connectivity index (χ1v) is 8.82. The summed E-state index contributed by atoms with van der Waals surface area (Å²) in [5, 5.41) is 1.28. The van der Waals surface area contributed by atoms with Gasteiger partial charge in [0, 0.05) is 16.6 Å². The summed E-state index contributed by atoms with van der Waals surface area (Å²) in [4.78, 5) is 3.42. The van der Waals surface area contributed by atoms with Gasteiger partial charge in [0.2, 0.25) is 9.04 Å². The number of H-pyrrole nitrogens is 1. The van der Waals surface area contributed by atoms with Gasteiger partial charge in [0.05, 0.1) is 6.61 Å². The zero-order valence-electron chi connectivity index (χ0n) is 11.9. The van der Waals surface area contributed by atoms with Crippen molar-refractivity contribution in [2.75, 3.05) is 0 Å². The van der Waals surface area contributed by atoms with Gasteiger partial charge in [0.25, 0.3) is 0 Å². The molecule has 0 fully saturated rings. The molecule has 0 bridgehead atoms. The molecule has 18 heavy (non-hydrogen) atoms. The zero-order valence-corrected chi connectivity index (χ0v) is 12.9. The third kappa shape index (κ3) is 3.03. The lowest BCUT2D eigenvalue weighted by Gasteiger charge is -2.18. The summed E-state index contributed by atoms with van der Waals surface area (Å²) in [6.45, 7) is 11.7. The smallest absolute Gasteiger partial charge is 0.205 e. The molecule has 1 aromatic heterocycles. The monoisotopic (exact) mass is 260 g/mol. The summed E-state index contributed by atoms with van der Waals surface area (Å²) >= 11 is 0. The molecule has 2 aromatic rings. The Morgan fingerprint density at radius 1 is 1.17 bits per heavy atom. The number of aromatic nitrogens is 1. The van der Waals surface area contributed by atoms with Gasteiger partial charge in [-0.2, -0.15) is 0 Å². The van der Waals surface area contributed by atoms with Crippen LogP contribution in [0.4, 0.5) is 0 Å². The van der Waals surface area contributed by atoms with Crippen LogP contribution in [0.1, 0.15) is 32.0 Å². The van der Waals surface area contributed by atoms with E-state index in [-0.39, 0.29) is 5.41 Å². The fraction of sp³-hybridized carbons (Fsp3) is 0.467. The van der Waals surface area contributed by atoms with Crippen molar-refractivity contribution in [1.82, 2.24) is 4.98 Å². The molecule has 97 valence electrons. The fourth-order valence-electron chi connectivity index (χ4n) is 1.96. The first-order valence-electron chi connectivity index (χ1n) is 6.41. The zero-order chi connectivity index (χ0) is 13.3. The molecule has 0 aliphatic rings. The predicted molar refractivity (Wildman–Crippen MR) is 79.3 cm³/mol. The lowest BCUT2D eigenvalue weighted by atomic mass is 9.86. The quantitative estimate of drug-likeness (QED) is 0.821. The third-order valence-electron chi connectivity index (χ3n) is 3.06. The summed E-state index contributed by atoms with van der Waals surface area (Å²) in [5.41, 5.74) is 3.94.